The summed E-state index contributed by atoms with van der Waals surface area (Å²) in [7, 11) is 0. The molecule has 0 fully saturated rings. The number of hydrogen-bond donors (Lipinski definition) is 2. The zero-order valence-electron chi connectivity index (χ0n) is 7.39. The molecule has 0 saturated heterocycles. The SMILES string of the molecule is Nc1c(Cl)ccc2c1C(N)CCC2. The quantitative estimate of drug-likeness (QED) is 0.626. The molecule has 13 heavy (non-hydrogen) atoms. The van der Waals surface area contributed by atoms with Crippen molar-refractivity contribution in [2.24, 2.45) is 5.73 Å². The molecule has 1 aromatic carbocycles. The van der Waals surface area contributed by atoms with Crippen molar-refractivity contribution in [3.05, 3.63) is 28.3 Å². The van der Waals surface area contributed by atoms with E-state index in [1.165, 1.54) is 5.56 Å². The molecule has 2 rings (SSSR count). The first-order chi connectivity index (χ1) is 6.20. The van der Waals surface area contributed by atoms with Crippen LogP contribution in [0.4, 0.5) is 5.69 Å². The van der Waals surface area contributed by atoms with Crippen LogP contribution in [-0.4, -0.2) is 0 Å². The largest absolute Gasteiger partial charge is 0.397 e. The number of fused-ring (bicyclic) bond motifs is 1. The van der Waals surface area contributed by atoms with Gasteiger partial charge in [0, 0.05) is 6.04 Å². The minimum absolute atomic E-state index is 0.0717. The van der Waals surface area contributed by atoms with Crippen molar-refractivity contribution in [3.63, 3.8) is 0 Å². The molecule has 70 valence electrons. The van der Waals surface area contributed by atoms with Gasteiger partial charge in [-0.15, -0.1) is 0 Å². The van der Waals surface area contributed by atoms with Gasteiger partial charge in [-0.25, -0.2) is 0 Å². The van der Waals surface area contributed by atoms with Gasteiger partial charge in [0.05, 0.1) is 10.7 Å². The normalized spacial score (nSPS) is 21.2. The van der Waals surface area contributed by atoms with Crippen LogP contribution in [0.2, 0.25) is 5.02 Å². The molecule has 3 heteroatoms. The number of nitrogen functional groups attached to an aromatic ring is 1. The molecule has 4 N–H and O–H groups in total. The van der Waals surface area contributed by atoms with Crippen molar-refractivity contribution in [1.82, 2.24) is 0 Å². The van der Waals surface area contributed by atoms with E-state index >= 15 is 0 Å². The minimum Gasteiger partial charge on any atom is -0.397 e. The topological polar surface area (TPSA) is 52.0 Å². The Kier molecular flexibility index (Phi) is 2.18. The first kappa shape index (κ1) is 8.85. The molecule has 0 radical (unpaired) electrons. The zero-order valence-corrected chi connectivity index (χ0v) is 8.14. The lowest BCUT2D eigenvalue weighted by Crippen LogP contribution is -2.19. The lowest BCUT2D eigenvalue weighted by molar-refractivity contribution is 0.572. The molecule has 2 nitrogen and oxygen atoms in total. The highest BCUT2D eigenvalue weighted by Crippen LogP contribution is 2.35. The third-order valence-electron chi connectivity index (χ3n) is 2.66. The number of halogens is 1. The Bertz CT molecular complexity index is 336. The number of benzene rings is 1. The summed E-state index contributed by atoms with van der Waals surface area (Å²) in [5, 5.41) is 0.621. The number of anilines is 1. The van der Waals surface area contributed by atoms with Crippen LogP contribution in [0.5, 0.6) is 0 Å². The molecule has 0 amide bonds. The van der Waals surface area contributed by atoms with Crippen LogP contribution in [0, 0.1) is 0 Å². The van der Waals surface area contributed by atoms with E-state index in [9.17, 15) is 0 Å². The molecular weight excluding hydrogens is 184 g/mol. The monoisotopic (exact) mass is 196 g/mol. The van der Waals surface area contributed by atoms with Gasteiger partial charge in [0.1, 0.15) is 0 Å². The molecule has 1 aromatic rings. The van der Waals surface area contributed by atoms with Crippen molar-refractivity contribution < 1.29 is 0 Å². The van der Waals surface area contributed by atoms with E-state index in [0.717, 1.165) is 24.8 Å². The second-order valence-electron chi connectivity index (χ2n) is 3.53. The van der Waals surface area contributed by atoms with Crippen LogP contribution in [0.15, 0.2) is 12.1 Å². The maximum absolute atomic E-state index is 5.98. The van der Waals surface area contributed by atoms with E-state index in [2.05, 4.69) is 0 Å². The summed E-state index contributed by atoms with van der Waals surface area (Å²) in [5.41, 5.74) is 14.9. The second-order valence-corrected chi connectivity index (χ2v) is 3.94. The Morgan fingerprint density at radius 3 is 2.92 bits per heavy atom. The van der Waals surface area contributed by atoms with E-state index in [0.29, 0.717) is 10.7 Å². The van der Waals surface area contributed by atoms with Crippen molar-refractivity contribution >= 4 is 17.3 Å². The van der Waals surface area contributed by atoms with Crippen molar-refractivity contribution in [2.75, 3.05) is 5.73 Å². The van der Waals surface area contributed by atoms with Gasteiger partial charge < -0.3 is 11.5 Å². The predicted molar refractivity (Wildman–Crippen MR) is 55.7 cm³/mol. The molecule has 1 aliphatic carbocycles. The summed E-state index contributed by atoms with van der Waals surface area (Å²) in [5.74, 6) is 0. The fourth-order valence-electron chi connectivity index (χ4n) is 1.97. The van der Waals surface area contributed by atoms with Gasteiger partial charge in [-0.1, -0.05) is 17.7 Å². The Morgan fingerprint density at radius 2 is 2.15 bits per heavy atom. The third-order valence-corrected chi connectivity index (χ3v) is 2.99. The Hall–Kier alpha value is -0.730. The van der Waals surface area contributed by atoms with E-state index in [1.807, 2.05) is 12.1 Å². The number of aryl methyl sites for hydroxylation is 1. The van der Waals surface area contributed by atoms with Gasteiger partial charge in [0.15, 0.2) is 0 Å². The number of nitrogens with two attached hydrogens (primary N) is 2. The molecular formula is C10H13ClN2. The smallest absolute Gasteiger partial charge is 0.0639 e. The predicted octanol–water partition coefficient (Wildman–Crippen LogP) is 2.26. The number of rotatable bonds is 0. The molecule has 0 bridgehead atoms. The maximum atomic E-state index is 5.98. The average Bonchev–Trinajstić information content (AvgIpc) is 2.12. The fourth-order valence-corrected chi connectivity index (χ4v) is 2.13. The Labute approximate surface area is 82.9 Å². The summed E-state index contributed by atoms with van der Waals surface area (Å²) < 4.78 is 0. The molecule has 1 unspecified atom stereocenters. The third kappa shape index (κ3) is 1.40. The summed E-state index contributed by atoms with van der Waals surface area (Å²) in [6, 6.07) is 3.96. The average molecular weight is 197 g/mol. The van der Waals surface area contributed by atoms with Crippen molar-refractivity contribution in [1.29, 1.82) is 0 Å². The van der Waals surface area contributed by atoms with Crippen LogP contribution < -0.4 is 11.5 Å². The first-order valence-corrected chi connectivity index (χ1v) is 4.90. The first-order valence-electron chi connectivity index (χ1n) is 4.52. The van der Waals surface area contributed by atoms with Gasteiger partial charge in [0.2, 0.25) is 0 Å². The summed E-state index contributed by atoms with van der Waals surface area (Å²) >= 11 is 5.93. The molecule has 1 aliphatic rings. The van der Waals surface area contributed by atoms with Crippen LogP contribution in [0.1, 0.15) is 30.0 Å². The number of hydrogen-bond acceptors (Lipinski definition) is 2. The van der Waals surface area contributed by atoms with Gasteiger partial charge in [-0.3, -0.25) is 0 Å². The highest BCUT2D eigenvalue weighted by molar-refractivity contribution is 6.33. The highest BCUT2D eigenvalue weighted by Gasteiger charge is 2.20. The van der Waals surface area contributed by atoms with Crippen LogP contribution in [0.25, 0.3) is 0 Å². The summed E-state index contributed by atoms with van der Waals surface area (Å²) in [6.45, 7) is 0. The highest BCUT2D eigenvalue weighted by atomic mass is 35.5. The van der Waals surface area contributed by atoms with E-state index in [4.69, 9.17) is 23.1 Å². The standard InChI is InChI=1S/C10H13ClN2/c11-7-5-4-6-2-1-3-8(12)9(6)10(7)13/h4-5,8H,1-3,12-13H2. The van der Waals surface area contributed by atoms with Crippen LogP contribution in [0.3, 0.4) is 0 Å². The van der Waals surface area contributed by atoms with E-state index < -0.39 is 0 Å². The fraction of sp³-hybridized carbons (Fsp3) is 0.400. The van der Waals surface area contributed by atoms with Gasteiger partial charge in [-0.2, -0.15) is 0 Å². The van der Waals surface area contributed by atoms with Gasteiger partial charge in [0.25, 0.3) is 0 Å². The molecule has 0 heterocycles. The van der Waals surface area contributed by atoms with Gasteiger partial charge in [-0.05, 0) is 36.5 Å². The molecule has 0 spiro atoms. The van der Waals surface area contributed by atoms with Crippen molar-refractivity contribution in [2.45, 2.75) is 25.3 Å². The summed E-state index contributed by atoms with van der Waals surface area (Å²) in [4.78, 5) is 0. The second kappa shape index (κ2) is 3.20. The minimum atomic E-state index is 0.0717. The van der Waals surface area contributed by atoms with Crippen molar-refractivity contribution in [3.8, 4) is 0 Å². The van der Waals surface area contributed by atoms with E-state index in [1.54, 1.807) is 0 Å². The lowest BCUT2D eigenvalue weighted by atomic mass is 9.87. The molecule has 1 atom stereocenters. The van der Waals surface area contributed by atoms with Crippen LogP contribution in [-0.2, 0) is 6.42 Å². The molecule has 0 aliphatic heterocycles. The lowest BCUT2D eigenvalue weighted by Gasteiger charge is -2.24. The maximum Gasteiger partial charge on any atom is 0.0639 e. The molecule has 0 saturated carbocycles. The Balaban J connectivity index is 2.58. The Morgan fingerprint density at radius 1 is 1.38 bits per heavy atom. The summed E-state index contributed by atoms with van der Waals surface area (Å²) in [6.07, 6.45) is 3.23. The van der Waals surface area contributed by atoms with E-state index in [-0.39, 0.29) is 6.04 Å². The zero-order chi connectivity index (χ0) is 9.42. The van der Waals surface area contributed by atoms with Gasteiger partial charge >= 0.3 is 0 Å². The van der Waals surface area contributed by atoms with Crippen LogP contribution >= 0.6 is 11.6 Å². The molecule has 0 aromatic heterocycles.